The molecule has 0 saturated heterocycles. The van der Waals surface area contributed by atoms with Gasteiger partial charge in [0, 0.05) is 29.3 Å². The maximum absolute atomic E-state index is 11.5. The zero-order valence-corrected chi connectivity index (χ0v) is 6.64. The van der Waals surface area contributed by atoms with Crippen LogP contribution in [0.4, 0.5) is 0 Å². The molecule has 1 aromatic rings. The molecular weight excluding hydrogens is 176 g/mol. The maximum Gasteiger partial charge on any atom is 0.251 e. The number of hydrogen-bond donors (Lipinski definition) is 1. The molecule has 1 aliphatic heterocycles. The summed E-state index contributed by atoms with van der Waals surface area (Å²) in [6, 6.07) is 1.31. The van der Waals surface area contributed by atoms with E-state index in [-0.39, 0.29) is 16.3 Å². The van der Waals surface area contributed by atoms with Crippen LogP contribution in [0.5, 0.6) is 0 Å². The zero-order chi connectivity index (χ0) is 12.1. The van der Waals surface area contributed by atoms with E-state index >= 15 is 0 Å². The van der Waals surface area contributed by atoms with Crippen LogP contribution in [0.2, 0.25) is 5.15 Å². The summed E-state index contributed by atoms with van der Waals surface area (Å²) in [4.78, 5) is 15.2. The van der Waals surface area contributed by atoms with Crippen molar-refractivity contribution in [3.63, 3.8) is 0 Å². The molecule has 62 valence electrons. The molecular formula is C8H7ClN2O. The highest BCUT2D eigenvalue weighted by Gasteiger charge is 2.18. The minimum absolute atomic E-state index is 0.0140. The fourth-order valence-electron chi connectivity index (χ4n) is 0.962. The first-order chi connectivity index (χ1) is 7.27. The van der Waals surface area contributed by atoms with Crippen molar-refractivity contribution in [1.82, 2.24) is 10.3 Å². The number of halogens is 1. The quantitative estimate of drug-likeness (QED) is 0.615. The van der Waals surface area contributed by atoms with E-state index in [0.717, 1.165) is 0 Å². The number of carbonyl (C=O) groups excluding carboxylic acids is 1. The van der Waals surface area contributed by atoms with Gasteiger partial charge in [-0.05, 0) is 12.4 Å². The van der Waals surface area contributed by atoms with Crippen LogP contribution in [-0.4, -0.2) is 17.4 Å². The lowest BCUT2D eigenvalue weighted by molar-refractivity contribution is 0.0946. The lowest BCUT2D eigenvalue weighted by Gasteiger charge is -2.16. The summed E-state index contributed by atoms with van der Waals surface area (Å²) in [5.74, 6) is -0.695. The Hall–Kier alpha value is -1.09. The van der Waals surface area contributed by atoms with Gasteiger partial charge in [0.15, 0.2) is 0 Å². The smallest absolute Gasteiger partial charge is 0.251 e. The number of aromatic nitrogens is 1. The van der Waals surface area contributed by atoms with Gasteiger partial charge in [-0.25, -0.2) is 4.98 Å². The topological polar surface area (TPSA) is 42.0 Å². The Kier molecular flexibility index (Phi) is 0.970. The monoisotopic (exact) mass is 186 g/mol. The highest BCUT2D eigenvalue weighted by Crippen LogP contribution is 2.19. The lowest BCUT2D eigenvalue weighted by atomic mass is 10.0. The number of carbonyl (C=O) groups is 1. The van der Waals surface area contributed by atoms with Gasteiger partial charge in [0.2, 0.25) is 0 Å². The Morgan fingerprint density at radius 3 is 3.42 bits per heavy atom. The molecule has 0 saturated carbocycles. The van der Waals surface area contributed by atoms with Crippen LogP contribution >= 0.6 is 11.6 Å². The first-order valence-electron chi connectivity index (χ1n) is 5.25. The fraction of sp³-hybridized carbons (Fsp3) is 0.250. The number of amides is 1. The summed E-state index contributed by atoms with van der Waals surface area (Å²) >= 11 is 5.72. The van der Waals surface area contributed by atoms with E-state index in [4.69, 9.17) is 17.1 Å². The molecule has 12 heavy (non-hydrogen) atoms. The van der Waals surface area contributed by atoms with Crippen molar-refractivity contribution in [2.75, 3.05) is 6.50 Å². The Labute approximate surface area is 80.4 Å². The summed E-state index contributed by atoms with van der Waals surface area (Å²) in [7, 11) is 0. The molecule has 2 rings (SSSR count). The summed E-state index contributed by atoms with van der Waals surface area (Å²) < 4.78 is 30.3. The van der Waals surface area contributed by atoms with E-state index in [9.17, 15) is 4.79 Å². The van der Waals surface area contributed by atoms with Crippen molar-refractivity contribution < 1.29 is 10.3 Å². The van der Waals surface area contributed by atoms with Crippen LogP contribution in [0, 0.1) is 0 Å². The number of pyridine rings is 1. The second kappa shape index (κ2) is 2.75. The first-order valence-corrected chi connectivity index (χ1v) is 3.62. The highest BCUT2D eigenvalue weighted by atomic mass is 35.5. The van der Waals surface area contributed by atoms with Crippen molar-refractivity contribution >= 4 is 17.5 Å². The summed E-state index contributed by atoms with van der Waals surface area (Å²) in [6.45, 7) is -2.51. The Bertz CT molecular complexity index is 477. The van der Waals surface area contributed by atoms with Gasteiger partial charge < -0.3 is 5.32 Å². The van der Waals surface area contributed by atoms with Gasteiger partial charge in [-0.3, -0.25) is 4.79 Å². The number of nitrogens with zero attached hydrogens (tertiary/aromatic N) is 1. The third-order valence-corrected chi connectivity index (χ3v) is 1.80. The molecule has 1 aromatic heterocycles. The largest absolute Gasteiger partial charge is 0.352 e. The predicted octanol–water partition coefficient (Wildman–Crippen LogP) is 1.02. The van der Waals surface area contributed by atoms with Gasteiger partial charge in [0.25, 0.3) is 5.91 Å². The average Bonchev–Trinajstić information content (AvgIpc) is 2.14. The van der Waals surface area contributed by atoms with Gasteiger partial charge in [-0.1, -0.05) is 11.6 Å². The van der Waals surface area contributed by atoms with E-state index in [1.807, 2.05) is 5.32 Å². The molecule has 1 amide bonds. The standard InChI is InChI=1S/C8H7ClN2O/c9-7-5-1-4-11-8(12)6(5)2-3-10-7/h2-3H,1,4H2,(H,11,12)/i1D2,4D2. The number of nitrogens with one attached hydrogen (secondary N) is 1. The molecule has 0 aliphatic carbocycles. The minimum atomic E-state index is -2.51. The van der Waals surface area contributed by atoms with Gasteiger partial charge in [-0.2, -0.15) is 0 Å². The van der Waals surface area contributed by atoms with Crippen LogP contribution in [0.3, 0.4) is 0 Å². The van der Waals surface area contributed by atoms with Gasteiger partial charge in [-0.15, -0.1) is 0 Å². The van der Waals surface area contributed by atoms with E-state index in [2.05, 4.69) is 4.98 Å². The van der Waals surface area contributed by atoms with Crippen LogP contribution in [0.25, 0.3) is 0 Å². The number of fused-ring (bicyclic) bond motifs is 1. The Morgan fingerprint density at radius 2 is 2.58 bits per heavy atom. The van der Waals surface area contributed by atoms with Crippen LogP contribution in [0.15, 0.2) is 12.3 Å². The molecule has 0 atom stereocenters. The molecule has 0 spiro atoms. The molecule has 0 fully saturated rings. The van der Waals surface area contributed by atoms with Gasteiger partial charge in [0.1, 0.15) is 5.15 Å². The second-order valence-electron chi connectivity index (χ2n) is 2.23. The van der Waals surface area contributed by atoms with Crippen LogP contribution in [-0.2, 0) is 6.37 Å². The molecule has 0 radical (unpaired) electrons. The average molecular weight is 187 g/mol. The SMILES string of the molecule is [2H]C1([2H])NC(=O)c2ccnc(Cl)c2C1([2H])[2H]. The zero-order valence-electron chi connectivity index (χ0n) is 9.89. The molecule has 4 heteroatoms. The number of rotatable bonds is 0. The second-order valence-corrected chi connectivity index (χ2v) is 2.59. The van der Waals surface area contributed by atoms with Crippen LogP contribution in [0.1, 0.15) is 21.4 Å². The van der Waals surface area contributed by atoms with Crippen molar-refractivity contribution in [3.05, 3.63) is 28.5 Å². The Morgan fingerprint density at radius 1 is 1.75 bits per heavy atom. The lowest BCUT2D eigenvalue weighted by Crippen LogP contribution is -2.32. The first kappa shape index (κ1) is 4.23. The predicted molar refractivity (Wildman–Crippen MR) is 45.3 cm³/mol. The van der Waals surface area contributed by atoms with E-state index in [0.29, 0.717) is 0 Å². The van der Waals surface area contributed by atoms with E-state index < -0.39 is 18.8 Å². The van der Waals surface area contributed by atoms with Crippen molar-refractivity contribution in [1.29, 1.82) is 0 Å². The maximum atomic E-state index is 11.5. The third kappa shape index (κ3) is 1.06. The van der Waals surface area contributed by atoms with Gasteiger partial charge in [0.05, 0.1) is 0 Å². The minimum Gasteiger partial charge on any atom is -0.352 e. The molecule has 0 aromatic carbocycles. The molecule has 3 nitrogen and oxygen atoms in total. The number of hydrogen-bond acceptors (Lipinski definition) is 2. The molecule has 1 aliphatic rings. The normalized spacial score (nSPS) is 28.6. The molecule has 0 bridgehead atoms. The van der Waals surface area contributed by atoms with Crippen molar-refractivity contribution in [2.24, 2.45) is 0 Å². The fourth-order valence-corrected chi connectivity index (χ4v) is 1.17. The van der Waals surface area contributed by atoms with Crippen molar-refractivity contribution in [2.45, 2.75) is 6.37 Å². The third-order valence-electron chi connectivity index (χ3n) is 1.51. The summed E-state index contributed by atoms with van der Waals surface area (Å²) in [5, 5.41) is 1.77. The molecule has 0 unspecified atom stereocenters. The van der Waals surface area contributed by atoms with E-state index in [1.54, 1.807) is 0 Å². The van der Waals surface area contributed by atoms with E-state index in [1.165, 1.54) is 12.3 Å². The van der Waals surface area contributed by atoms with Crippen molar-refractivity contribution in [3.8, 4) is 0 Å². The highest BCUT2D eigenvalue weighted by molar-refractivity contribution is 6.30. The summed E-state index contributed by atoms with van der Waals surface area (Å²) in [6.07, 6.45) is -1.14. The molecule has 1 N–H and O–H groups in total. The van der Waals surface area contributed by atoms with Gasteiger partial charge >= 0.3 is 0 Å². The Balaban J connectivity index is 2.76. The van der Waals surface area contributed by atoms with Crippen LogP contribution < -0.4 is 5.32 Å². The molecule has 2 heterocycles. The summed E-state index contributed by atoms with van der Waals surface area (Å²) in [5.41, 5.74) is -0.189.